The average Bonchev–Trinajstić information content (AvgIpc) is 2.80. The summed E-state index contributed by atoms with van der Waals surface area (Å²) in [5, 5.41) is 20.0. The zero-order valence-electron chi connectivity index (χ0n) is 9.76. The third-order valence-electron chi connectivity index (χ3n) is 2.75. The third kappa shape index (κ3) is 4.20. The number of carbonyl (C=O) groups is 2. The first-order chi connectivity index (χ1) is 8.02. The number of aliphatic carboxylic acids is 1. The normalized spacial score (nSPS) is 20.9. The van der Waals surface area contributed by atoms with Gasteiger partial charge < -0.3 is 25.2 Å². The summed E-state index contributed by atoms with van der Waals surface area (Å²) in [6.45, 7) is 1.31. The maximum absolute atomic E-state index is 11.6. The van der Waals surface area contributed by atoms with E-state index < -0.39 is 12.1 Å². The van der Waals surface area contributed by atoms with Crippen molar-refractivity contribution in [1.29, 1.82) is 0 Å². The zero-order chi connectivity index (χ0) is 12.8. The van der Waals surface area contributed by atoms with Crippen molar-refractivity contribution >= 4 is 12.0 Å². The lowest BCUT2D eigenvalue weighted by Gasteiger charge is -2.23. The minimum absolute atomic E-state index is 0.00389. The Morgan fingerprint density at radius 1 is 1.59 bits per heavy atom. The van der Waals surface area contributed by atoms with Gasteiger partial charge in [0.25, 0.3) is 0 Å². The highest BCUT2D eigenvalue weighted by Gasteiger charge is 2.24. The van der Waals surface area contributed by atoms with Crippen LogP contribution in [0, 0.1) is 0 Å². The number of ether oxygens (including phenoxy) is 1. The van der Waals surface area contributed by atoms with Crippen LogP contribution >= 0.6 is 0 Å². The van der Waals surface area contributed by atoms with Crippen LogP contribution in [0.1, 0.15) is 12.8 Å². The summed E-state index contributed by atoms with van der Waals surface area (Å²) in [4.78, 5) is 23.5. The zero-order valence-corrected chi connectivity index (χ0v) is 9.76. The van der Waals surface area contributed by atoms with Gasteiger partial charge in [-0.25, -0.2) is 9.59 Å². The number of carboxylic acids is 1. The molecule has 0 aromatic carbocycles. The lowest BCUT2D eigenvalue weighted by molar-refractivity contribution is -0.146. The molecule has 2 atom stereocenters. The average molecular weight is 246 g/mol. The molecular weight excluding hydrogens is 228 g/mol. The SMILES string of the molecule is CN(C(=O)NCC[C@H](O)C(=O)O)C1CCOC1. The van der Waals surface area contributed by atoms with Crippen LogP contribution in [0.15, 0.2) is 0 Å². The first kappa shape index (κ1) is 13.7. The summed E-state index contributed by atoms with van der Waals surface area (Å²) >= 11 is 0. The van der Waals surface area contributed by atoms with E-state index in [0.29, 0.717) is 13.2 Å². The molecule has 1 saturated heterocycles. The van der Waals surface area contributed by atoms with Gasteiger partial charge in [0, 0.05) is 26.6 Å². The fourth-order valence-electron chi connectivity index (χ4n) is 1.56. The van der Waals surface area contributed by atoms with E-state index in [4.69, 9.17) is 14.9 Å². The van der Waals surface area contributed by atoms with Crippen molar-refractivity contribution in [3.05, 3.63) is 0 Å². The number of nitrogens with zero attached hydrogens (tertiary/aromatic N) is 1. The predicted octanol–water partition coefficient (Wildman–Crippen LogP) is -0.748. The standard InChI is InChI=1S/C10H18N2O5/c1-12(7-3-5-17-6-7)10(16)11-4-2-8(13)9(14)15/h7-8,13H,2-6H2,1H3,(H,11,16)(H,14,15)/t7?,8-/m0/s1. The van der Waals surface area contributed by atoms with Crippen molar-refractivity contribution in [3.63, 3.8) is 0 Å². The molecule has 0 bridgehead atoms. The predicted molar refractivity (Wildman–Crippen MR) is 58.6 cm³/mol. The van der Waals surface area contributed by atoms with E-state index in [0.717, 1.165) is 6.42 Å². The molecule has 3 N–H and O–H groups in total. The van der Waals surface area contributed by atoms with E-state index in [1.807, 2.05) is 0 Å². The summed E-state index contributed by atoms with van der Waals surface area (Å²) in [7, 11) is 1.67. The third-order valence-corrected chi connectivity index (χ3v) is 2.75. The molecule has 1 fully saturated rings. The number of hydrogen-bond donors (Lipinski definition) is 3. The number of amides is 2. The van der Waals surface area contributed by atoms with Gasteiger partial charge >= 0.3 is 12.0 Å². The van der Waals surface area contributed by atoms with Crippen LogP contribution in [-0.2, 0) is 9.53 Å². The molecule has 1 aliphatic heterocycles. The summed E-state index contributed by atoms with van der Waals surface area (Å²) in [6, 6.07) is -0.211. The Morgan fingerprint density at radius 3 is 2.82 bits per heavy atom. The second kappa shape index (κ2) is 6.41. The Labute approximate surface area is 99.4 Å². The number of aliphatic hydroxyl groups is 1. The van der Waals surface area contributed by atoms with E-state index >= 15 is 0 Å². The maximum atomic E-state index is 11.6. The summed E-state index contributed by atoms with van der Waals surface area (Å²) in [6.07, 6.45) is -0.631. The van der Waals surface area contributed by atoms with Gasteiger partial charge in [-0.1, -0.05) is 0 Å². The Balaban J connectivity index is 2.22. The Bertz CT molecular complexity index is 278. The van der Waals surface area contributed by atoms with Crippen molar-refractivity contribution in [1.82, 2.24) is 10.2 Å². The Morgan fingerprint density at radius 2 is 2.29 bits per heavy atom. The van der Waals surface area contributed by atoms with Gasteiger partial charge in [-0.2, -0.15) is 0 Å². The van der Waals surface area contributed by atoms with Crippen LogP contribution in [0.5, 0.6) is 0 Å². The van der Waals surface area contributed by atoms with Gasteiger partial charge in [0.15, 0.2) is 6.10 Å². The lowest BCUT2D eigenvalue weighted by Crippen LogP contribution is -2.44. The van der Waals surface area contributed by atoms with E-state index in [1.54, 1.807) is 11.9 Å². The largest absolute Gasteiger partial charge is 0.479 e. The van der Waals surface area contributed by atoms with Crippen molar-refractivity contribution in [2.45, 2.75) is 25.0 Å². The quantitative estimate of drug-likeness (QED) is 0.593. The molecule has 0 aromatic rings. The Kier molecular flexibility index (Phi) is 5.17. The Hall–Kier alpha value is -1.34. The molecule has 1 aliphatic rings. The number of likely N-dealkylation sites (N-methyl/N-ethyl adjacent to an activating group) is 1. The van der Waals surface area contributed by atoms with Crippen LogP contribution in [-0.4, -0.2) is 66.1 Å². The van der Waals surface area contributed by atoms with Gasteiger partial charge in [0.2, 0.25) is 0 Å². The summed E-state index contributed by atoms with van der Waals surface area (Å²) in [5.74, 6) is -1.28. The second-order valence-corrected chi connectivity index (χ2v) is 4.00. The number of aliphatic hydroxyl groups excluding tert-OH is 1. The van der Waals surface area contributed by atoms with E-state index in [1.165, 1.54) is 0 Å². The molecule has 2 amide bonds. The van der Waals surface area contributed by atoms with Crippen molar-refractivity contribution < 1.29 is 24.5 Å². The highest BCUT2D eigenvalue weighted by molar-refractivity contribution is 5.74. The number of hydrogen-bond acceptors (Lipinski definition) is 4. The summed E-state index contributed by atoms with van der Waals surface area (Å²) < 4.78 is 5.16. The van der Waals surface area contributed by atoms with Gasteiger partial charge in [-0.05, 0) is 6.42 Å². The molecule has 1 rings (SSSR count). The van der Waals surface area contributed by atoms with Gasteiger partial charge in [0.1, 0.15) is 0 Å². The van der Waals surface area contributed by atoms with Crippen LogP contribution in [0.25, 0.3) is 0 Å². The van der Waals surface area contributed by atoms with Crippen LogP contribution in [0.3, 0.4) is 0 Å². The molecule has 17 heavy (non-hydrogen) atoms. The number of carboxylic acid groups (broad SMARTS) is 1. The second-order valence-electron chi connectivity index (χ2n) is 4.00. The molecule has 0 spiro atoms. The molecule has 0 aromatic heterocycles. The number of nitrogens with one attached hydrogen (secondary N) is 1. The van der Waals surface area contributed by atoms with Gasteiger partial charge in [-0.15, -0.1) is 0 Å². The first-order valence-corrected chi connectivity index (χ1v) is 5.51. The van der Waals surface area contributed by atoms with Crippen molar-refractivity contribution in [2.24, 2.45) is 0 Å². The van der Waals surface area contributed by atoms with Crippen LogP contribution in [0.4, 0.5) is 4.79 Å². The fourth-order valence-corrected chi connectivity index (χ4v) is 1.56. The van der Waals surface area contributed by atoms with E-state index in [9.17, 15) is 9.59 Å². The highest BCUT2D eigenvalue weighted by Crippen LogP contribution is 2.10. The van der Waals surface area contributed by atoms with E-state index in [2.05, 4.69) is 5.32 Å². The molecule has 98 valence electrons. The monoisotopic (exact) mass is 246 g/mol. The fraction of sp³-hybridized carbons (Fsp3) is 0.800. The molecule has 0 saturated carbocycles. The van der Waals surface area contributed by atoms with E-state index in [-0.39, 0.29) is 25.0 Å². The maximum Gasteiger partial charge on any atom is 0.332 e. The molecular formula is C10H18N2O5. The topological polar surface area (TPSA) is 99.1 Å². The number of urea groups is 1. The van der Waals surface area contributed by atoms with Crippen LogP contribution < -0.4 is 5.32 Å². The molecule has 7 heteroatoms. The number of carbonyl (C=O) groups excluding carboxylic acids is 1. The lowest BCUT2D eigenvalue weighted by atomic mass is 10.2. The molecule has 0 aliphatic carbocycles. The van der Waals surface area contributed by atoms with Gasteiger partial charge in [-0.3, -0.25) is 0 Å². The van der Waals surface area contributed by atoms with Gasteiger partial charge in [0.05, 0.1) is 12.6 Å². The summed E-state index contributed by atoms with van der Waals surface area (Å²) in [5.41, 5.74) is 0. The first-order valence-electron chi connectivity index (χ1n) is 5.51. The minimum atomic E-state index is -1.43. The molecule has 1 heterocycles. The van der Waals surface area contributed by atoms with Crippen molar-refractivity contribution in [2.75, 3.05) is 26.8 Å². The molecule has 7 nitrogen and oxygen atoms in total. The molecule has 1 unspecified atom stereocenters. The number of rotatable bonds is 5. The highest BCUT2D eigenvalue weighted by atomic mass is 16.5. The minimum Gasteiger partial charge on any atom is -0.479 e. The van der Waals surface area contributed by atoms with Crippen molar-refractivity contribution in [3.8, 4) is 0 Å². The molecule has 0 radical (unpaired) electrons. The smallest absolute Gasteiger partial charge is 0.332 e. The van der Waals surface area contributed by atoms with Crippen LogP contribution in [0.2, 0.25) is 0 Å².